The summed E-state index contributed by atoms with van der Waals surface area (Å²) in [6.45, 7) is 4.61. The molecule has 28 heavy (non-hydrogen) atoms. The van der Waals surface area contributed by atoms with Crippen molar-refractivity contribution in [2.75, 3.05) is 14.2 Å². The van der Waals surface area contributed by atoms with Crippen LogP contribution in [0.5, 0.6) is 5.75 Å². The number of aryl methyl sites for hydroxylation is 1. The van der Waals surface area contributed by atoms with Gasteiger partial charge in [-0.2, -0.15) is 0 Å². The normalized spacial score (nSPS) is 12.2. The van der Waals surface area contributed by atoms with E-state index in [0.717, 1.165) is 28.0 Å². The van der Waals surface area contributed by atoms with Crippen LogP contribution in [0.4, 0.5) is 4.79 Å². The maximum Gasteiger partial charge on any atom is 0.318 e. The summed E-state index contributed by atoms with van der Waals surface area (Å²) in [6, 6.07) is 7.45. The highest BCUT2D eigenvalue weighted by atomic mass is 16.5. The molecule has 0 fully saturated rings. The van der Waals surface area contributed by atoms with E-state index in [0.29, 0.717) is 6.54 Å². The number of rotatable bonds is 6. The van der Waals surface area contributed by atoms with E-state index in [9.17, 15) is 4.79 Å². The lowest BCUT2D eigenvalue weighted by Crippen LogP contribution is -2.41. The van der Waals surface area contributed by atoms with Gasteiger partial charge in [-0.05, 0) is 23.6 Å². The second-order valence-corrected chi connectivity index (χ2v) is 7.25. The molecule has 1 aromatic carbocycles. The van der Waals surface area contributed by atoms with Crippen molar-refractivity contribution in [1.82, 2.24) is 24.8 Å². The number of benzene rings is 1. The van der Waals surface area contributed by atoms with Crippen molar-refractivity contribution >= 4 is 16.9 Å². The van der Waals surface area contributed by atoms with Crippen molar-refractivity contribution in [1.29, 1.82) is 0 Å². The molecule has 1 atom stereocenters. The largest absolute Gasteiger partial charge is 0.494 e. The molecule has 1 N–H and O–H groups in total. The van der Waals surface area contributed by atoms with Crippen molar-refractivity contribution in [3.63, 3.8) is 0 Å². The highest BCUT2D eigenvalue weighted by Crippen LogP contribution is 2.27. The third-order valence-corrected chi connectivity index (χ3v) is 4.88. The monoisotopic (exact) mass is 381 g/mol. The van der Waals surface area contributed by atoms with Crippen LogP contribution in [0.1, 0.15) is 31.3 Å². The molecule has 0 radical (unpaired) electrons. The van der Waals surface area contributed by atoms with Crippen LogP contribution < -0.4 is 10.1 Å². The van der Waals surface area contributed by atoms with Crippen molar-refractivity contribution in [2.24, 2.45) is 13.0 Å². The Kier molecular flexibility index (Phi) is 5.82. The van der Waals surface area contributed by atoms with Crippen LogP contribution in [0.3, 0.4) is 0 Å². The third kappa shape index (κ3) is 3.93. The minimum absolute atomic E-state index is 0.144. The van der Waals surface area contributed by atoms with Gasteiger partial charge in [-0.3, -0.25) is 4.98 Å². The second-order valence-electron chi connectivity index (χ2n) is 7.25. The number of aromatic nitrogens is 3. The maximum absolute atomic E-state index is 12.9. The molecule has 0 aliphatic rings. The first-order chi connectivity index (χ1) is 13.4. The van der Waals surface area contributed by atoms with Crippen molar-refractivity contribution in [3.05, 3.63) is 54.2 Å². The Bertz CT molecular complexity index is 966. The molecule has 0 bridgehead atoms. The van der Waals surface area contributed by atoms with Gasteiger partial charge in [0.05, 0.1) is 13.2 Å². The molecule has 2 heterocycles. The average molecular weight is 381 g/mol. The Hall–Kier alpha value is -3.09. The number of fused-ring (bicyclic) bond motifs is 1. The highest BCUT2D eigenvalue weighted by Gasteiger charge is 2.24. The van der Waals surface area contributed by atoms with Gasteiger partial charge in [-0.25, -0.2) is 9.78 Å². The molecule has 3 aromatic rings. The molecule has 0 saturated heterocycles. The summed E-state index contributed by atoms with van der Waals surface area (Å²) < 4.78 is 7.34. The Morgan fingerprint density at radius 3 is 2.68 bits per heavy atom. The molecule has 0 unspecified atom stereocenters. The molecular formula is C21H27N5O2. The number of nitrogens with one attached hydrogen (secondary N) is 1. The van der Waals surface area contributed by atoms with Crippen LogP contribution in [0.15, 0.2) is 42.9 Å². The number of carbonyl (C=O) groups is 1. The van der Waals surface area contributed by atoms with Crippen molar-refractivity contribution < 1.29 is 9.53 Å². The van der Waals surface area contributed by atoms with Crippen LogP contribution in [0.25, 0.3) is 10.9 Å². The van der Waals surface area contributed by atoms with Gasteiger partial charge in [0.15, 0.2) is 0 Å². The van der Waals surface area contributed by atoms with Gasteiger partial charge < -0.3 is 19.5 Å². The molecule has 2 aromatic heterocycles. The summed E-state index contributed by atoms with van der Waals surface area (Å²) >= 11 is 0. The quantitative estimate of drug-likeness (QED) is 0.709. The van der Waals surface area contributed by atoms with Gasteiger partial charge in [0.2, 0.25) is 0 Å². The lowest BCUT2D eigenvalue weighted by atomic mass is 10.0. The second kappa shape index (κ2) is 8.29. The Labute approximate surface area is 165 Å². The van der Waals surface area contributed by atoms with Crippen molar-refractivity contribution in [2.45, 2.75) is 26.4 Å². The van der Waals surface area contributed by atoms with Gasteiger partial charge in [0, 0.05) is 44.6 Å². The SMILES string of the molecule is COc1ccc(CN(C)C(=O)N[C@H](c2nccn2C)C(C)C)c2cccnc12. The average Bonchev–Trinajstić information content (AvgIpc) is 3.11. The molecule has 7 heteroatoms. The van der Waals surface area contributed by atoms with Crippen LogP contribution >= 0.6 is 0 Å². The topological polar surface area (TPSA) is 72.3 Å². The Balaban J connectivity index is 1.79. The number of ether oxygens (including phenoxy) is 1. The predicted molar refractivity (Wildman–Crippen MR) is 109 cm³/mol. The minimum atomic E-state index is -0.163. The standard InChI is InChI=1S/C21H27N5O2/c1-14(2)18(20-23-11-12-25(20)3)24-21(27)26(4)13-15-8-9-17(28-5)19-16(15)7-6-10-22-19/h6-12,14,18H,13H2,1-5H3,(H,24,27)/t18-/m0/s1. The molecule has 0 saturated carbocycles. The first-order valence-electron chi connectivity index (χ1n) is 9.31. The molecule has 0 aliphatic carbocycles. The molecule has 0 spiro atoms. The summed E-state index contributed by atoms with van der Waals surface area (Å²) in [6.07, 6.45) is 5.37. The summed E-state index contributed by atoms with van der Waals surface area (Å²) in [5.74, 6) is 1.78. The summed E-state index contributed by atoms with van der Waals surface area (Å²) in [5, 5.41) is 4.09. The number of urea groups is 1. The van der Waals surface area contributed by atoms with E-state index in [1.54, 1.807) is 31.5 Å². The summed E-state index contributed by atoms with van der Waals surface area (Å²) in [7, 11) is 5.36. The van der Waals surface area contributed by atoms with E-state index in [4.69, 9.17) is 4.74 Å². The third-order valence-electron chi connectivity index (χ3n) is 4.88. The van der Waals surface area contributed by atoms with E-state index >= 15 is 0 Å². The van der Waals surface area contributed by atoms with E-state index < -0.39 is 0 Å². The zero-order valence-electron chi connectivity index (χ0n) is 17.0. The fourth-order valence-corrected chi connectivity index (χ4v) is 3.29. The number of carbonyl (C=O) groups excluding carboxylic acids is 1. The first kappa shape index (κ1) is 19.7. The molecule has 2 amide bonds. The number of hydrogen-bond donors (Lipinski definition) is 1. The van der Waals surface area contributed by atoms with Crippen molar-refractivity contribution in [3.8, 4) is 5.75 Å². The summed E-state index contributed by atoms with van der Waals surface area (Å²) in [5.41, 5.74) is 1.81. The fourth-order valence-electron chi connectivity index (χ4n) is 3.29. The zero-order valence-corrected chi connectivity index (χ0v) is 17.0. The number of nitrogens with zero attached hydrogens (tertiary/aromatic N) is 4. The fraction of sp³-hybridized carbons (Fsp3) is 0.381. The number of imidazole rings is 1. The highest BCUT2D eigenvalue weighted by molar-refractivity contribution is 5.87. The van der Waals surface area contributed by atoms with E-state index in [-0.39, 0.29) is 18.0 Å². The van der Waals surface area contributed by atoms with Crippen LogP contribution in [-0.4, -0.2) is 39.6 Å². The van der Waals surface area contributed by atoms with E-state index in [1.807, 2.05) is 42.1 Å². The zero-order chi connectivity index (χ0) is 20.3. The Morgan fingerprint density at radius 2 is 2.04 bits per heavy atom. The van der Waals surface area contributed by atoms with Crippen LogP contribution in [-0.2, 0) is 13.6 Å². The van der Waals surface area contributed by atoms with Crippen LogP contribution in [0, 0.1) is 5.92 Å². The van der Waals surface area contributed by atoms with E-state index in [2.05, 4.69) is 29.1 Å². The minimum Gasteiger partial charge on any atom is -0.494 e. The Morgan fingerprint density at radius 1 is 1.25 bits per heavy atom. The number of pyridine rings is 1. The number of amides is 2. The molecule has 148 valence electrons. The van der Waals surface area contributed by atoms with Gasteiger partial charge in [-0.15, -0.1) is 0 Å². The first-order valence-corrected chi connectivity index (χ1v) is 9.31. The molecular weight excluding hydrogens is 354 g/mol. The smallest absolute Gasteiger partial charge is 0.318 e. The molecule has 3 rings (SSSR count). The predicted octanol–water partition coefficient (Wildman–Crippen LogP) is 3.52. The van der Waals surface area contributed by atoms with Crippen LogP contribution in [0.2, 0.25) is 0 Å². The van der Waals surface area contributed by atoms with Gasteiger partial charge in [0.25, 0.3) is 0 Å². The molecule has 0 aliphatic heterocycles. The summed E-state index contributed by atoms with van der Waals surface area (Å²) in [4.78, 5) is 23.4. The maximum atomic E-state index is 12.9. The lowest BCUT2D eigenvalue weighted by molar-refractivity contribution is 0.197. The van der Waals surface area contributed by atoms with E-state index in [1.165, 1.54) is 0 Å². The van der Waals surface area contributed by atoms with Gasteiger partial charge >= 0.3 is 6.03 Å². The van der Waals surface area contributed by atoms with Gasteiger partial charge in [-0.1, -0.05) is 26.0 Å². The van der Waals surface area contributed by atoms with Gasteiger partial charge in [0.1, 0.15) is 17.1 Å². The number of methoxy groups -OCH3 is 1. The number of hydrogen-bond acceptors (Lipinski definition) is 4. The lowest BCUT2D eigenvalue weighted by Gasteiger charge is -2.26. The molecule has 7 nitrogen and oxygen atoms in total.